The van der Waals surface area contributed by atoms with Crippen molar-refractivity contribution in [2.75, 3.05) is 20.8 Å². The number of alkyl halides is 2. The third kappa shape index (κ3) is 3.40. The van der Waals surface area contributed by atoms with Gasteiger partial charge >= 0.3 is 5.97 Å². The van der Waals surface area contributed by atoms with Crippen LogP contribution < -0.4 is 9.47 Å². The number of halogens is 2. The highest BCUT2D eigenvalue weighted by Gasteiger charge is 2.22. The van der Waals surface area contributed by atoms with Crippen LogP contribution in [-0.2, 0) is 4.74 Å². The lowest BCUT2D eigenvalue weighted by molar-refractivity contribution is 0.0528. The SMILES string of the molecule is CCOC(=O)c1cnn2c(C(F)F)cc(-c3ccc(OC)c(OC)c3)nc12. The molecule has 0 fully saturated rings. The van der Waals surface area contributed by atoms with Gasteiger partial charge in [-0.15, -0.1) is 0 Å². The van der Waals surface area contributed by atoms with Crippen LogP contribution in [0.15, 0.2) is 30.5 Å². The minimum absolute atomic E-state index is 0.00367. The first-order chi connectivity index (χ1) is 13.0. The molecule has 0 amide bonds. The topological polar surface area (TPSA) is 75.0 Å². The van der Waals surface area contributed by atoms with Gasteiger partial charge in [0, 0.05) is 5.56 Å². The van der Waals surface area contributed by atoms with E-state index >= 15 is 0 Å². The summed E-state index contributed by atoms with van der Waals surface area (Å²) in [5, 5.41) is 3.87. The van der Waals surface area contributed by atoms with E-state index in [4.69, 9.17) is 14.2 Å². The molecule has 0 aliphatic rings. The third-order valence-corrected chi connectivity index (χ3v) is 3.90. The number of hydrogen-bond acceptors (Lipinski definition) is 6. The van der Waals surface area contributed by atoms with Crippen molar-refractivity contribution in [3.8, 4) is 22.8 Å². The zero-order valence-corrected chi connectivity index (χ0v) is 14.9. The molecular weight excluding hydrogens is 360 g/mol. The number of methoxy groups -OCH3 is 2. The molecule has 9 heteroatoms. The maximum atomic E-state index is 13.6. The first-order valence-electron chi connectivity index (χ1n) is 8.06. The molecule has 27 heavy (non-hydrogen) atoms. The summed E-state index contributed by atoms with van der Waals surface area (Å²) in [6.45, 7) is 1.80. The van der Waals surface area contributed by atoms with Crippen molar-refractivity contribution in [2.45, 2.75) is 13.3 Å². The minimum Gasteiger partial charge on any atom is -0.493 e. The Balaban J connectivity index is 2.21. The van der Waals surface area contributed by atoms with Crippen LogP contribution in [0.25, 0.3) is 16.9 Å². The number of ether oxygens (including phenoxy) is 3. The smallest absolute Gasteiger partial charge is 0.343 e. The quantitative estimate of drug-likeness (QED) is 0.612. The lowest BCUT2D eigenvalue weighted by atomic mass is 10.1. The van der Waals surface area contributed by atoms with Gasteiger partial charge in [0.25, 0.3) is 6.43 Å². The molecule has 0 saturated carbocycles. The third-order valence-electron chi connectivity index (χ3n) is 3.90. The number of nitrogens with zero attached hydrogens (tertiary/aromatic N) is 3. The predicted octanol–water partition coefficient (Wildman–Crippen LogP) is 3.53. The lowest BCUT2D eigenvalue weighted by Crippen LogP contribution is -2.07. The van der Waals surface area contributed by atoms with E-state index in [9.17, 15) is 13.6 Å². The molecule has 2 aromatic heterocycles. The summed E-state index contributed by atoms with van der Waals surface area (Å²) in [6.07, 6.45) is -1.64. The second-order valence-corrected chi connectivity index (χ2v) is 5.45. The van der Waals surface area contributed by atoms with E-state index in [0.717, 1.165) is 4.52 Å². The average Bonchev–Trinajstić information content (AvgIpc) is 3.10. The van der Waals surface area contributed by atoms with Crippen LogP contribution >= 0.6 is 0 Å². The van der Waals surface area contributed by atoms with Crippen LogP contribution in [-0.4, -0.2) is 41.4 Å². The molecular formula is C18H17F2N3O4. The zero-order valence-electron chi connectivity index (χ0n) is 14.9. The summed E-state index contributed by atoms with van der Waals surface area (Å²) < 4.78 is 43.5. The first kappa shape index (κ1) is 18.6. The summed E-state index contributed by atoms with van der Waals surface area (Å²) in [6, 6.07) is 6.15. The maximum absolute atomic E-state index is 13.6. The zero-order chi connectivity index (χ0) is 19.6. The Bertz CT molecular complexity index is 988. The monoisotopic (exact) mass is 377 g/mol. The number of rotatable bonds is 6. The number of carbonyl (C=O) groups excluding carboxylic acids is 1. The minimum atomic E-state index is -2.82. The van der Waals surface area contributed by atoms with Crippen molar-refractivity contribution in [2.24, 2.45) is 0 Å². The molecule has 0 N–H and O–H groups in total. The van der Waals surface area contributed by atoms with E-state index in [0.29, 0.717) is 17.1 Å². The van der Waals surface area contributed by atoms with Crippen molar-refractivity contribution in [3.63, 3.8) is 0 Å². The molecule has 1 aromatic carbocycles. The molecule has 0 radical (unpaired) electrons. The van der Waals surface area contributed by atoms with Crippen molar-refractivity contribution >= 4 is 11.6 Å². The predicted molar refractivity (Wildman–Crippen MR) is 92.4 cm³/mol. The first-order valence-corrected chi connectivity index (χ1v) is 8.06. The van der Waals surface area contributed by atoms with Crippen LogP contribution in [0, 0.1) is 0 Å². The van der Waals surface area contributed by atoms with Crippen LogP contribution in [0.2, 0.25) is 0 Å². The van der Waals surface area contributed by atoms with Gasteiger partial charge in [-0.05, 0) is 31.2 Å². The highest BCUT2D eigenvalue weighted by Crippen LogP contribution is 2.33. The van der Waals surface area contributed by atoms with Crippen LogP contribution in [0.1, 0.15) is 29.4 Å². The number of aromatic nitrogens is 3. The normalized spacial score (nSPS) is 11.0. The molecule has 0 spiro atoms. The Hall–Kier alpha value is -3.23. The van der Waals surface area contributed by atoms with Gasteiger partial charge in [-0.25, -0.2) is 23.1 Å². The van der Waals surface area contributed by atoms with Gasteiger partial charge in [0.1, 0.15) is 11.3 Å². The van der Waals surface area contributed by atoms with Gasteiger partial charge in [0.2, 0.25) is 0 Å². The lowest BCUT2D eigenvalue weighted by Gasteiger charge is -2.11. The van der Waals surface area contributed by atoms with Crippen molar-refractivity contribution < 1.29 is 27.8 Å². The van der Waals surface area contributed by atoms with Gasteiger partial charge in [-0.2, -0.15) is 5.10 Å². The van der Waals surface area contributed by atoms with Gasteiger partial charge in [-0.1, -0.05) is 0 Å². The van der Waals surface area contributed by atoms with E-state index in [1.807, 2.05) is 0 Å². The summed E-state index contributed by atoms with van der Waals surface area (Å²) in [5.41, 5.74) is 0.385. The van der Waals surface area contributed by atoms with Crippen molar-refractivity contribution in [1.29, 1.82) is 0 Å². The van der Waals surface area contributed by atoms with Crippen LogP contribution in [0.3, 0.4) is 0 Å². The van der Waals surface area contributed by atoms with E-state index in [1.165, 1.54) is 26.5 Å². The summed E-state index contributed by atoms with van der Waals surface area (Å²) in [4.78, 5) is 16.4. The highest BCUT2D eigenvalue weighted by molar-refractivity contribution is 5.96. The standard InChI is InChI=1S/C18H17F2N3O4/c1-4-27-18(24)11-9-21-23-13(16(19)20)8-12(22-17(11)23)10-5-6-14(25-2)15(7-10)26-3/h5-9,16H,4H2,1-3H3. The molecule has 0 aliphatic heterocycles. The molecule has 3 rings (SSSR count). The number of hydrogen-bond donors (Lipinski definition) is 0. The molecule has 142 valence electrons. The van der Waals surface area contributed by atoms with Gasteiger partial charge in [0.05, 0.1) is 32.7 Å². The molecule has 0 aliphatic carbocycles. The van der Waals surface area contributed by atoms with E-state index in [2.05, 4.69) is 10.1 Å². The van der Waals surface area contributed by atoms with E-state index < -0.39 is 12.4 Å². The number of carbonyl (C=O) groups is 1. The Labute approximate surface area is 153 Å². The Morgan fingerprint density at radius 3 is 2.56 bits per heavy atom. The maximum Gasteiger partial charge on any atom is 0.343 e. The summed E-state index contributed by atoms with van der Waals surface area (Å²) in [5.74, 6) is 0.243. The van der Waals surface area contributed by atoms with Gasteiger partial charge in [-0.3, -0.25) is 0 Å². The largest absolute Gasteiger partial charge is 0.493 e. The summed E-state index contributed by atoms with van der Waals surface area (Å²) >= 11 is 0. The molecule has 2 heterocycles. The van der Waals surface area contributed by atoms with Gasteiger partial charge in [0.15, 0.2) is 17.1 Å². The second kappa shape index (κ2) is 7.56. The number of esters is 1. The fourth-order valence-corrected chi connectivity index (χ4v) is 2.64. The van der Waals surface area contributed by atoms with E-state index in [1.54, 1.807) is 25.1 Å². The molecule has 0 saturated heterocycles. The average molecular weight is 377 g/mol. The second-order valence-electron chi connectivity index (χ2n) is 5.45. The van der Waals surface area contributed by atoms with Gasteiger partial charge < -0.3 is 14.2 Å². The molecule has 7 nitrogen and oxygen atoms in total. The molecule has 0 bridgehead atoms. The van der Waals surface area contributed by atoms with E-state index in [-0.39, 0.29) is 29.2 Å². The Kier molecular flexibility index (Phi) is 5.20. The van der Waals surface area contributed by atoms with Crippen molar-refractivity contribution in [3.05, 3.63) is 41.7 Å². The molecule has 3 aromatic rings. The highest BCUT2D eigenvalue weighted by atomic mass is 19.3. The number of benzene rings is 1. The van der Waals surface area contributed by atoms with Crippen molar-refractivity contribution in [1.82, 2.24) is 14.6 Å². The molecule has 0 unspecified atom stereocenters. The number of fused-ring (bicyclic) bond motifs is 1. The summed E-state index contributed by atoms with van der Waals surface area (Å²) in [7, 11) is 2.97. The van der Waals surface area contributed by atoms with Crippen LogP contribution in [0.4, 0.5) is 8.78 Å². The Morgan fingerprint density at radius 1 is 1.19 bits per heavy atom. The molecule has 0 atom stereocenters. The van der Waals surface area contributed by atoms with Crippen LogP contribution in [0.5, 0.6) is 11.5 Å². The Morgan fingerprint density at radius 2 is 1.93 bits per heavy atom. The fourth-order valence-electron chi connectivity index (χ4n) is 2.64. The fraction of sp³-hybridized carbons (Fsp3) is 0.278.